The lowest BCUT2D eigenvalue weighted by Gasteiger charge is -2.62. The van der Waals surface area contributed by atoms with Crippen LogP contribution in [0, 0.1) is 22.7 Å². The van der Waals surface area contributed by atoms with E-state index in [0.29, 0.717) is 5.41 Å². The van der Waals surface area contributed by atoms with Gasteiger partial charge in [0.25, 0.3) is 0 Å². The molecule has 0 spiro atoms. The second kappa shape index (κ2) is 4.05. The van der Waals surface area contributed by atoms with Crippen molar-refractivity contribution in [3.05, 3.63) is 16.6 Å². The monoisotopic (exact) mass is 277 g/mol. The Bertz CT molecular complexity index is 455. The number of aromatic nitrogens is 1. The molecule has 3 heteroatoms. The smallest absolute Gasteiger partial charge is 0.0950 e. The highest BCUT2D eigenvalue weighted by Crippen LogP contribution is 2.66. The van der Waals surface area contributed by atoms with E-state index in [4.69, 9.17) is 0 Å². The number of nitrogens with zero attached hydrogens (tertiary/aromatic N) is 1. The van der Waals surface area contributed by atoms with E-state index in [2.05, 4.69) is 11.9 Å². The maximum absolute atomic E-state index is 10.9. The van der Waals surface area contributed by atoms with Gasteiger partial charge in [-0.05, 0) is 61.2 Å². The molecule has 2 nitrogen and oxygen atoms in total. The first-order valence-corrected chi connectivity index (χ1v) is 8.51. The summed E-state index contributed by atoms with van der Waals surface area (Å²) in [5.74, 6) is 1.77. The van der Waals surface area contributed by atoms with Gasteiger partial charge >= 0.3 is 0 Å². The molecule has 0 radical (unpaired) electrons. The zero-order chi connectivity index (χ0) is 13.1. The summed E-state index contributed by atoms with van der Waals surface area (Å²) in [5.41, 5.74) is 0.735. The molecule has 0 aliphatic heterocycles. The van der Waals surface area contributed by atoms with Crippen molar-refractivity contribution in [2.45, 2.75) is 58.0 Å². The molecular weight excluding hydrogens is 254 g/mol. The maximum atomic E-state index is 10.9. The Morgan fingerprint density at radius 1 is 1.37 bits per heavy atom. The minimum absolute atomic E-state index is 0.177. The van der Waals surface area contributed by atoms with Crippen molar-refractivity contribution in [3.8, 4) is 0 Å². The fraction of sp³-hybridized carbons (Fsp3) is 0.812. The minimum atomic E-state index is -0.177. The highest BCUT2D eigenvalue weighted by Gasteiger charge is 2.58. The first-order valence-electron chi connectivity index (χ1n) is 7.63. The molecule has 4 saturated carbocycles. The lowest BCUT2D eigenvalue weighted by molar-refractivity contribution is -0.152. The fourth-order valence-electron chi connectivity index (χ4n) is 5.92. The lowest BCUT2D eigenvalue weighted by Crippen LogP contribution is -2.55. The second-order valence-electron chi connectivity index (χ2n) is 7.78. The third-order valence-corrected chi connectivity index (χ3v) is 6.76. The predicted octanol–water partition coefficient (Wildman–Crippen LogP) is 3.65. The van der Waals surface area contributed by atoms with Crippen molar-refractivity contribution in [2.24, 2.45) is 22.7 Å². The lowest BCUT2D eigenvalue weighted by atomic mass is 9.43. The SMILES string of the molecule is CC12CC3CC(C1)CC(C(O)Cc1nccs1)(C3)C2. The van der Waals surface area contributed by atoms with Gasteiger partial charge in [-0.1, -0.05) is 6.92 Å². The van der Waals surface area contributed by atoms with Gasteiger partial charge in [0, 0.05) is 18.0 Å². The van der Waals surface area contributed by atoms with Crippen LogP contribution in [0.2, 0.25) is 0 Å². The quantitative estimate of drug-likeness (QED) is 0.914. The van der Waals surface area contributed by atoms with E-state index < -0.39 is 0 Å². The normalized spacial score (nSPS) is 45.6. The van der Waals surface area contributed by atoms with E-state index >= 15 is 0 Å². The van der Waals surface area contributed by atoms with Crippen LogP contribution in [0.25, 0.3) is 0 Å². The largest absolute Gasteiger partial charge is 0.392 e. The number of thiazole rings is 1. The van der Waals surface area contributed by atoms with Crippen molar-refractivity contribution in [1.29, 1.82) is 0 Å². The molecule has 104 valence electrons. The van der Waals surface area contributed by atoms with Gasteiger partial charge in [0.05, 0.1) is 11.1 Å². The van der Waals surface area contributed by atoms with Gasteiger partial charge in [-0.3, -0.25) is 0 Å². The zero-order valence-electron chi connectivity index (χ0n) is 11.6. The molecule has 4 bridgehead atoms. The summed E-state index contributed by atoms with van der Waals surface area (Å²) >= 11 is 1.68. The van der Waals surface area contributed by atoms with Gasteiger partial charge in [-0.25, -0.2) is 4.98 Å². The summed E-state index contributed by atoms with van der Waals surface area (Å²) in [6.07, 6.45) is 10.5. The molecule has 0 amide bonds. The Balaban J connectivity index is 1.59. The van der Waals surface area contributed by atoms with Gasteiger partial charge in [-0.15, -0.1) is 11.3 Å². The Morgan fingerprint density at radius 3 is 2.68 bits per heavy atom. The minimum Gasteiger partial charge on any atom is -0.392 e. The molecule has 3 unspecified atom stereocenters. The Morgan fingerprint density at radius 2 is 2.11 bits per heavy atom. The average molecular weight is 277 g/mol. The van der Waals surface area contributed by atoms with Crippen LogP contribution in [0.4, 0.5) is 0 Å². The van der Waals surface area contributed by atoms with Crippen LogP contribution >= 0.6 is 11.3 Å². The van der Waals surface area contributed by atoms with Crippen LogP contribution in [-0.2, 0) is 6.42 Å². The van der Waals surface area contributed by atoms with Crippen molar-refractivity contribution in [2.75, 3.05) is 0 Å². The highest BCUT2D eigenvalue weighted by atomic mass is 32.1. The molecule has 1 heterocycles. The number of aliphatic hydroxyl groups excluding tert-OH is 1. The molecule has 4 aliphatic rings. The van der Waals surface area contributed by atoms with Gasteiger partial charge < -0.3 is 5.11 Å². The summed E-state index contributed by atoms with van der Waals surface area (Å²) in [4.78, 5) is 4.36. The van der Waals surface area contributed by atoms with Gasteiger partial charge in [0.15, 0.2) is 0 Å². The van der Waals surface area contributed by atoms with E-state index in [0.717, 1.165) is 23.3 Å². The molecule has 3 atom stereocenters. The molecule has 5 rings (SSSR count). The molecule has 1 aromatic rings. The number of hydrogen-bond donors (Lipinski definition) is 1. The van der Waals surface area contributed by atoms with Crippen LogP contribution < -0.4 is 0 Å². The summed E-state index contributed by atoms with van der Waals surface area (Å²) in [6, 6.07) is 0. The topological polar surface area (TPSA) is 33.1 Å². The van der Waals surface area contributed by atoms with E-state index in [9.17, 15) is 5.11 Å². The van der Waals surface area contributed by atoms with Crippen molar-refractivity contribution < 1.29 is 5.11 Å². The van der Waals surface area contributed by atoms with Crippen LogP contribution in [0.5, 0.6) is 0 Å². The molecule has 1 N–H and O–H groups in total. The molecular formula is C16H23NOS. The molecule has 1 aromatic heterocycles. The first kappa shape index (κ1) is 12.3. The standard InChI is InChI=1S/C16H23NOS/c1-15-6-11-4-12(7-15)9-16(8-11,10-15)13(18)5-14-17-2-3-19-14/h2-3,11-13,18H,4-10H2,1H3. The summed E-state index contributed by atoms with van der Waals surface area (Å²) < 4.78 is 0. The van der Waals surface area contributed by atoms with Crippen molar-refractivity contribution in [1.82, 2.24) is 4.98 Å². The van der Waals surface area contributed by atoms with Gasteiger partial charge in [0.1, 0.15) is 0 Å². The molecule has 4 fully saturated rings. The number of hydrogen-bond acceptors (Lipinski definition) is 3. The maximum Gasteiger partial charge on any atom is 0.0950 e. The second-order valence-corrected chi connectivity index (χ2v) is 8.76. The third kappa shape index (κ3) is 1.97. The Hall–Kier alpha value is -0.410. The van der Waals surface area contributed by atoms with E-state index in [-0.39, 0.29) is 11.5 Å². The van der Waals surface area contributed by atoms with Gasteiger partial charge in [0.2, 0.25) is 0 Å². The Kier molecular flexibility index (Phi) is 2.63. The van der Waals surface area contributed by atoms with Crippen LogP contribution in [0.3, 0.4) is 0 Å². The number of rotatable bonds is 3. The number of aliphatic hydroxyl groups is 1. The summed E-state index contributed by atoms with van der Waals surface area (Å²) in [5, 5.41) is 14.0. The highest BCUT2D eigenvalue weighted by molar-refractivity contribution is 7.09. The zero-order valence-corrected chi connectivity index (χ0v) is 12.5. The van der Waals surface area contributed by atoms with Crippen molar-refractivity contribution in [3.63, 3.8) is 0 Å². The third-order valence-electron chi connectivity index (χ3n) is 5.96. The first-order chi connectivity index (χ1) is 9.07. The molecule has 0 aromatic carbocycles. The molecule has 4 aliphatic carbocycles. The average Bonchev–Trinajstić information content (AvgIpc) is 2.78. The predicted molar refractivity (Wildman–Crippen MR) is 77.0 cm³/mol. The Labute approximate surface area is 119 Å². The van der Waals surface area contributed by atoms with Crippen LogP contribution in [0.1, 0.15) is 50.5 Å². The van der Waals surface area contributed by atoms with E-state index in [1.807, 2.05) is 11.6 Å². The van der Waals surface area contributed by atoms with Crippen molar-refractivity contribution >= 4 is 11.3 Å². The van der Waals surface area contributed by atoms with E-state index in [1.165, 1.54) is 38.5 Å². The molecule has 19 heavy (non-hydrogen) atoms. The van der Waals surface area contributed by atoms with Gasteiger partial charge in [-0.2, -0.15) is 0 Å². The summed E-state index contributed by atoms with van der Waals surface area (Å²) in [7, 11) is 0. The summed E-state index contributed by atoms with van der Waals surface area (Å²) in [6.45, 7) is 2.47. The van der Waals surface area contributed by atoms with E-state index in [1.54, 1.807) is 11.3 Å². The fourth-order valence-corrected chi connectivity index (χ4v) is 6.58. The van der Waals surface area contributed by atoms with Crippen LogP contribution in [0.15, 0.2) is 11.6 Å². The molecule has 0 saturated heterocycles. The van der Waals surface area contributed by atoms with Crippen LogP contribution in [-0.4, -0.2) is 16.2 Å².